The zero-order valence-electron chi connectivity index (χ0n) is 20.5. The second-order valence-electron chi connectivity index (χ2n) is 9.32. The molecule has 7 heteroatoms. The Morgan fingerprint density at radius 2 is 1.89 bits per heavy atom. The predicted octanol–water partition coefficient (Wildman–Crippen LogP) is 6.17. The molecule has 182 valence electrons. The fourth-order valence-electron chi connectivity index (χ4n) is 4.91. The van der Waals surface area contributed by atoms with Gasteiger partial charge in [0.15, 0.2) is 5.82 Å². The van der Waals surface area contributed by atoms with E-state index in [1.54, 1.807) is 6.20 Å². The van der Waals surface area contributed by atoms with E-state index in [4.69, 9.17) is 4.98 Å². The number of aromatic amines is 2. The van der Waals surface area contributed by atoms with Crippen molar-refractivity contribution < 1.29 is 4.79 Å². The Kier molecular flexibility index (Phi) is 5.73. The molecule has 2 aromatic heterocycles. The predicted molar refractivity (Wildman–Crippen MR) is 149 cm³/mol. The molecule has 3 aromatic carbocycles. The van der Waals surface area contributed by atoms with E-state index in [0.717, 1.165) is 62.7 Å². The van der Waals surface area contributed by atoms with Crippen molar-refractivity contribution in [3.05, 3.63) is 89.8 Å². The van der Waals surface area contributed by atoms with Crippen molar-refractivity contribution >= 4 is 40.1 Å². The van der Waals surface area contributed by atoms with Gasteiger partial charge < -0.3 is 10.3 Å². The normalized spacial score (nSPS) is 16.8. The van der Waals surface area contributed by atoms with Crippen LogP contribution in [0.25, 0.3) is 50.2 Å². The average Bonchev–Trinajstić information content (AvgIpc) is 3.52. The fourth-order valence-corrected chi connectivity index (χ4v) is 4.91. The largest absolute Gasteiger partial charge is 0.337 e. The number of amides is 1. The minimum Gasteiger partial charge on any atom is -0.337 e. The van der Waals surface area contributed by atoms with Crippen molar-refractivity contribution in [2.45, 2.75) is 26.2 Å². The SMILES string of the molecule is C=N/C=C1\C=C(/C)c2ccc3[nH]nc(c3c2)-c2nc3c(cccc3[nH]2)-c2cccc(c2)CCCC(=O)N1. The highest BCUT2D eigenvalue weighted by atomic mass is 16.1. The van der Waals surface area contributed by atoms with Crippen LogP contribution in [0.1, 0.15) is 30.9 Å². The third-order valence-electron chi connectivity index (χ3n) is 6.75. The number of imidazole rings is 1. The molecule has 3 N–H and O–H groups in total. The van der Waals surface area contributed by atoms with E-state index in [2.05, 4.69) is 68.6 Å². The Labute approximate surface area is 214 Å². The van der Waals surface area contributed by atoms with Crippen LogP contribution in [-0.2, 0) is 11.2 Å². The van der Waals surface area contributed by atoms with Crippen LogP contribution in [0.5, 0.6) is 0 Å². The van der Waals surface area contributed by atoms with Crippen LogP contribution in [0.3, 0.4) is 0 Å². The number of carbonyl (C=O) groups is 1. The third kappa shape index (κ3) is 4.36. The van der Waals surface area contributed by atoms with E-state index in [1.807, 2.05) is 37.3 Å². The first-order chi connectivity index (χ1) is 18.1. The van der Waals surface area contributed by atoms with Gasteiger partial charge >= 0.3 is 0 Å². The summed E-state index contributed by atoms with van der Waals surface area (Å²) in [6.45, 7) is 5.57. The molecule has 0 saturated heterocycles. The third-order valence-corrected chi connectivity index (χ3v) is 6.75. The number of nitrogens with zero attached hydrogens (tertiary/aromatic N) is 3. The summed E-state index contributed by atoms with van der Waals surface area (Å²) in [5.74, 6) is 0.666. The minimum atomic E-state index is -0.0471. The van der Waals surface area contributed by atoms with Crippen molar-refractivity contribution in [1.82, 2.24) is 25.5 Å². The van der Waals surface area contributed by atoms with Gasteiger partial charge in [-0.05, 0) is 73.0 Å². The molecule has 0 atom stereocenters. The Bertz CT molecular complexity index is 1740. The van der Waals surface area contributed by atoms with Gasteiger partial charge in [-0.3, -0.25) is 14.9 Å². The summed E-state index contributed by atoms with van der Waals surface area (Å²) in [6, 6.07) is 20.8. The van der Waals surface area contributed by atoms with Gasteiger partial charge in [-0.2, -0.15) is 5.10 Å². The van der Waals surface area contributed by atoms with E-state index in [0.29, 0.717) is 17.9 Å². The van der Waals surface area contributed by atoms with E-state index in [-0.39, 0.29) is 5.91 Å². The zero-order chi connectivity index (χ0) is 25.4. The second kappa shape index (κ2) is 9.35. The first-order valence-electron chi connectivity index (χ1n) is 12.3. The number of rotatable bonds is 1. The van der Waals surface area contributed by atoms with Crippen molar-refractivity contribution in [3.63, 3.8) is 0 Å². The Morgan fingerprint density at radius 3 is 2.78 bits per heavy atom. The number of hydrogen-bond acceptors (Lipinski definition) is 4. The number of carbonyl (C=O) groups excluding carboxylic acids is 1. The van der Waals surface area contributed by atoms with Crippen molar-refractivity contribution in [1.29, 1.82) is 0 Å². The summed E-state index contributed by atoms with van der Waals surface area (Å²) in [4.78, 5) is 25.1. The molecule has 0 radical (unpaired) electrons. The van der Waals surface area contributed by atoms with E-state index in [1.165, 1.54) is 5.56 Å². The first kappa shape index (κ1) is 22.7. The van der Waals surface area contributed by atoms with Crippen LogP contribution in [-0.4, -0.2) is 32.8 Å². The number of hydrogen-bond donors (Lipinski definition) is 3. The highest BCUT2D eigenvalue weighted by molar-refractivity contribution is 5.98. The number of aromatic nitrogens is 4. The lowest BCUT2D eigenvalue weighted by Crippen LogP contribution is -2.21. The van der Waals surface area contributed by atoms with E-state index >= 15 is 0 Å². The molecule has 3 heterocycles. The maximum absolute atomic E-state index is 12.7. The number of allylic oxidation sites excluding steroid dienone is 2. The van der Waals surface area contributed by atoms with Crippen LogP contribution in [0.15, 0.2) is 83.6 Å². The number of H-pyrrole nitrogens is 2. The summed E-state index contributed by atoms with van der Waals surface area (Å²) in [5.41, 5.74) is 9.46. The van der Waals surface area contributed by atoms with Gasteiger partial charge in [-0.25, -0.2) is 4.98 Å². The molecule has 0 aliphatic carbocycles. The number of benzene rings is 3. The van der Waals surface area contributed by atoms with Gasteiger partial charge in [-0.1, -0.05) is 42.5 Å². The average molecular weight is 487 g/mol. The van der Waals surface area contributed by atoms with Gasteiger partial charge in [0.2, 0.25) is 5.91 Å². The molecule has 6 rings (SSSR count). The molecule has 7 nitrogen and oxygen atoms in total. The number of aliphatic imine (C=N–C) groups is 1. The molecule has 1 amide bonds. The Balaban J connectivity index is 1.55. The Hall–Kier alpha value is -4.78. The van der Waals surface area contributed by atoms with Crippen LogP contribution in [0, 0.1) is 0 Å². The molecule has 1 aliphatic rings. The quantitative estimate of drug-likeness (QED) is 0.247. The molecule has 0 fully saturated rings. The molecule has 5 aromatic rings. The molecule has 0 unspecified atom stereocenters. The minimum absolute atomic E-state index is 0.0471. The molecule has 37 heavy (non-hydrogen) atoms. The smallest absolute Gasteiger partial charge is 0.224 e. The van der Waals surface area contributed by atoms with Gasteiger partial charge in [-0.15, -0.1) is 0 Å². The van der Waals surface area contributed by atoms with Gasteiger partial charge in [0.1, 0.15) is 5.69 Å². The highest BCUT2D eigenvalue weighted by Crippen LogP contribution is 2.33. The van der Waals surface area contributed by atoms with Crippen LogP contribution >= 0.6 is 0 Å². The summed E-state index contributed by atoms with van der Waals surface area (Å²) in [5, 5.41) is 11.7. The van der Waals surface area contributed by atoms with Crippen molar-refractivity contribution in [2.75, 3.05) is 0 Å². The summed E-state index contributed by atoms with van der Waals surface area (Å²) in [7, 11) is 0. The lowest BCUT2D eigenvalue weighted by Gasteiger charge is -2.09. The summed E-state index contributed by atoms with van der Waals surface area (Å²) in [6.07, 6.45) is 5.43. The fraction of sp³-hybridized carbons (Fsp3) is 0.133. The van der Waals surface area contributed by atoms with Crippen LogP contribution in [0.4, 0.5) is 0 Å². The maximum Gasteiger partial charge on any atom is 0.224 e. The first-order valence-corrected chi connectivity index (χ1v) is 12.3. The lowest BCUT2D eigenvalue weighted by atomic mass is 9.99. The van der Waals surface area contributed by atoms with Gasteiger partial charge in [0, 0.05) is 23.6 Å². The maximum atomic E-state index is 12.7. The van der Waals surface area contributed by atoms with Crippen molar-refractivity contribution in [3.8, 4) is 22.6 Å². The molecule has 1 aliphatic heterocycles. The van der Waals surface area contributed by atoms with E-state index in [9.17, 15) is 4.79 Å². The monoisotopic (exact) mass is 486 g/mol. The van der Waals surface area contributed by atoms with Gasteiger partial charge in [0.25, 0.3) is 0 Å². The summed E-state index contributed by atoms with van der Waals surface area (Å²) < 4.78 is 0. The van der Waals surface area contributed by atoms with Crippen LogP contribution < -0.4 is 5.32 Å². The van der Waals surface area contributed by atoms with E-state index < -0.39 is 0 Å². The van der Waals surface area contributed by atoms with Crippen molar-refractivity contribution in [2.24, 2.45) is 4.99 Å². The topological polar surface area (TPSA) is 98.8 Å². The number of para-hydroxylation sites is 1. The molecule has 0 saturated carbocycles. The molecular weight excluding hydrogens is 460 g/mol. The second-order valence-corrected chi connectivity index (χ2v) is 9.32. The highest BCUT2D eigenvalue weighted by Gasteiger charge is 2.16. The zero-order valence-corrected chi connectivity index (χ0v) is 20.5. The van der Waals surface area contributed by atoms with Crippen LogP contribution in [0.2, 0.25) is 0 Å². The summed E-state index contributed by atoms with van der Waals surface area (Å²) >= 11 is 0. The van der Waals surface area contributed by atoms with Gasteiger partial charge in [0.05, 0.1) is 22.2 Å². The molecule has 0 spiro atoms. The number of nitrogens with one attached hydrogen (secondary N) is 3. The number of fused-ring (bicyclic) bond motifs is 6. The standard InChI is InChI=1S/C30H26N6O/c1-18-14-22(17-31-2)32-27(37)11-4-7-19-6-3-8-21(15-19)23-9-5-10-26-28(23)34-30(33-26)29-24-16-20(18)12-13-25(24)35-36-29/h3,5-6,8-10,12-17H,2,4,7,11H2,1H3,(H,32,37)(H,33,34)(H,35,36)/b18-14+,22-17+. The number of aryl methyl sites for hydroxylation is 1. The lowest BCUT2D eigenvalue weighted by molar-refractivity contribution is -0.120. The molecule has 6 bridgehead atoms. The Morgan fingerprint density at radius 1 is 1.00 bits per heavy atom. The molecular formula is C30H26N6O.